The van der Waals surface area contributed by atoms with Crippen molar-refractivity contribution < 1.29 is 9.59 Å². The van der Waals surface area contributed by atoms with Crippen LogP contribution in [0.4, 0.5) is 0 Å². The minimum absolute atomic E-state index is 0.00904. The smallest absolute Gasteiger partial charge is 0.144 e. The lowest BCUT2D eigenvalue weighted by molar-refractivity contribution is -0.121. The third-order valence-corrected chi connectivity index (χ3v) is 2.82. The summed E-state index contributed by atoms with van der Waals surface area (Å²) < 4.78 is 1.03. The number of ketones is 1. The first kappa shape index (κ1) is 11.1. The number of hydrogen-bond acceptors (Lipinski definition) is 2. The lowest BCUT2D eigenvalue weighted by Crippen LogP contribution is -2.03. The van der Waals surface area contributed by atoms with Crippen LogP contribution in [0.1, 0.15) is 17.5 Å². The quantitative estimate of drug-likeness (QED) is 0.611. The van der Waals surface area contributed by atoms with Crippen molar-refractivity contribution in [3.05, 3.63) is 33.8 Å². The molecule has 2 nitrogen and oxygen atoms in total. The summed E-state index contributed by atoms with van der Waals surface area (Å²) in [6.45, 7) is 1.97. The van der Waals surface area contributed by atoms with Gasteiger partial charge in [0, 0.05) is 10.9 Å². The molecule has 0 aromatic heterocycles. The zero-order chi connectivity index (χ0) is 10.6. The summed E-state index contributed by atoms with van der Waals surface area (Å²) in [4.78, 5) is 21.3. The van der Waals surface area contributed by atoms with Crippen molar-refractivity contribution in [2.24, 2.45) is 0 Å². The summed E-state index contributed by atoms with van der Waals surface area (Å²) in [5.41, 5.74) is 2.05. The molecule has 0 aliphatic rings. The molecular formula is C11H11BrO2. The van der Waals surface area contributed by atoms with Crippen LogP contribution in [0, 0.1) is 6.92 Å². The molecule has 0 bridgehead atoms. The van der Waals surface area contributed by atoms with Crippen LogP contribution in [-0.4, -0.2) is 12.1 Å². The number of rotatable bonds is 4. The van der Waals surface area contributed by atoms with Crippen molar-refractivity contribution in [1.82, 2.24) is 0 Å². The molecule has 0 heterocycles. The molecule has 0 fully saturated rings. The van der Waals surface area contributed by atoms with Crippen molar-refractivity contribution in [3.63, 3.8) is 0 Å². The monoisotopic (exact) mass is 254 g/mol. The SMILES string of the molecule is Cc1cc(CC(=O)CC=O)ccc1Br. The molecule has 0 saturated carbocycles. The lowest BCUT2D eigenvalue weighted by atomic mass is 10.1. The predicted octanol–water partition coefficient (Wildman–Crippen LogP) is 2.46. The summed E-state index contributed by atoms with van der Waals surface area (Å²) in [6.07, 6.45) is 0.996. The van der Waals surface area contributed by atoms with E-state index in [0.29, 0.717) is 12.7 Å². The van der Waals surface area contributed by atoms with Gasteiger partial charge in [-0.15, -0.1) is 0 Å². The molecular weight excluding hydrogens is 244 g/mol. The van der Waals surface area contributed by atoms with E-state index in [1.54, 1.807) is 0 Å². The Labute approximate surface area is 91.4 Å². The third-order valence-electron chi connectivity index (χ3n) is 1.93. The maximum atomic E-state index is 11.2. The van der Waals surface area contributed by atoms with Gasteiger partial charge in [-0.1, -0.05) is 28.1 Å². The fraction of sp³-hybridized carbons (Fsp3) is 0.273. The number of Topliss-reactive ketones (excluding diaryl/α,β-unsaturated/α-hetero) is 1. The maximum Gasteiger partial charge on any atom is 0.144 e. The molecule has 0 saturated heterocycles. The summed E-state index contributed by atoms with van der Waals surface area (Å²) in [5, 5.41) is 0. The minimum atomic E-state index is -0.0401. The van der Waals surface area contributed by atoms with Gasteiger partial charge in [0.15, 0.2) is 0 Å². The Morgan fingerprint density at radius 3 is 2.79 bits per heavy atom. The second-order valence-corrected chi connectivity index (χ2v) is 4.02. The van der Waals surface area contributed by atoms with Gasteiger partial charge in [0.05, 0.1) is 6.42 Å². The molecule has 1 rings (SSSR count). The van der Waals surface area contributed by atoms with Crippen LogP contribution < -0.4 is 0 Å². The van der Waals surface area contributed by atoms with Gasteiger partial charge in [-0.05, 0) is 24.1 Å². The van der Waals surface area contributed by atoms with Crippen molar-refractivity contribution in [3.8, 4) is 0 Å². The highest BCUT2D eigenvalue weighted by molar-refractivity contribution is 9.10. The third kappa shape index (κ3) is 3.07. The topological polar surface area (TPSA) is 34.1 Å². The molecule has 0 amide bonds. The van der Waals surface area contributed by atoms with Crippen LogP contribution >= 0.6 is 15.9 Å². The molecule has 0 spiro atoms. The highest BCUT2D eigenvalue weighted by Crippen LogP contribution is 2.17. The van der Waals surface area contributed by atoms with Crippen LogP contribution in [0.2, 0.25) is 0 Å². The van der Waals surface area contributed by atoms with E-state index >= 15 is 0 Å². The molecule has 74 valence electrons. The van der Waals surface area contributed by atoms with E-state index in [1.807, 2.05) is 25.1 Å². The molecule has 0 aliphatic heterocycles. The van der Waals surface area contributed by atoms with Gasteiger partial charge in [-0.2, -0.15) is 0 Å². The number of carbonyl (C=O) groups excluding carboxylic acids is 2. The van der Waals surface area contributed by atoms with E-state index in [2.05, 4.69) is 15.9 Å². The second-order valence-electron chi connectivity index (χ2n) is 3.17. The zero-order valence-corrected chi connectivity index (χ0v) is 9.50. The van der Waals surface area contributed by atoms with Crippen molar-refractivity contribution >= 4 is 28.0 Å². The van der Waals surface area contributed by atoms with Gasteiger partial charge in [-0.25, -0.2) is 0 Å². The van der Waals surface area contributed by atoms with E-state index in [1.165, 1.54) is 0 Å². The summed E-state index contributed by atoms with van der Waals surface area (Å²) >= 11 is 3.39. The van der Waals surface area contributed by atoms with E-state index < -0.39 is 0 Å². The normalized spacial score (nSPS) is 9.86. The summed E-state index contributed by atoms with van der Waals surface area (Å²) in [6, 6.07) is 5.76. The molecule has 3 heteroatoms. The lowest BCUT2D eigenvalue weighted by Gasteiger charge is -2.02. The van der Waals surface area contributed by atoms with Gasteiger partial charge in [0.25, 0.3) is 0 Å². The number of carbonyl (C=O) groups is 2. The molecule has 1 aromatic carbocycles. The number of hydrogen-bond donors (Lipinski definition) is 0. The van der Waals surface area contributed by atoms with Gasteiger partial charge in [-0.3, -0.25) is 4.79 Å². The zero-order valence-electron chi connectivity index (χ0n) is 7.92. The van der Waals surface area contributed by atoms with Gasteiger partial charge in [0.1, 0.15) is 12.1 Å². The summed E-state index contributed by atoms with van der Waals surface area (Å²) in [5.74, 6) is -0.0401. The minimum Gasteiger partial charge on any atom is -0.303 e. The average Bonchev–Trinajstić information content (AvgIpc) is 2.12. The molecule has 1 aromatic rings. The van der Waals surface area contributed by atoms with Gasteiger partial charge >= 0.3 is 0 Å². The van der Waals surface area contributed by atoms with E-state index in [9.17, 15) is 9.59 Å². The first-order valence-corrected chi connectivity index (χ1v) is 5.13. The van der Waals surface area contributed by atoms with Crippen molar-refractivity contribution in [2.45, 2.75) is 19.8 Å². The van der Waals surface area contributed by atoms with Crippen molar-refractivity contribution in [1.29, 1.82) is 0 Å². The first-order valence-electron chi connectivity index (χ1n) is 4.34. The van der Waals surface area contributed by atoms with Crippen LogP contribution in [-0.2, 0) is 16.0 Å². The highest BCUT2D eigenvalue weighted by Gasteiger charge is 2.03. The first-order chi connectivity index (χ1) is 6.63. The fourth-order valence-corrected chi connectivity index (χ4v) is 1.46. The van der Waals surface area contributed by atoms with Gasteiger partial charge < -0.3 is 4.79 Å². The average molecular weight is 255 g/mol. The number of halogens is 1. The number of aryl methyl sites for hydroxylation is 1. The Balaban J connectivity index is 2.72. The highest BCUT2D eigenvalue weighted by atomic mass is 79.9. The Morgan fingerprint density at radius 2 is 2.21 bits per heavy atom. The Morgan fingerprint density at radius 1 is 1.50 bits per heavy atom. The molecule has 0 radical (unpaired) electrons. The van der Waals surface area contributed by atoms with Crippen LogP contribution in [0.15, 0.2) is 22.7 Å². The fourth-order valence-electron chi connectivity index (χ4n) is 1.21. The molecule has 0 atom stereocenters. The van der Waals surface area contributed by atoms with Crippen LogP contribution in [0.25, 0.3) is 0 Å². The second kappa shape index (κ2) is 5.05. The van der Waals surface area contributed by atoms with Gasteiger partial charge in [0.2, 0.25) is 0 Å². The number of benzene rings is 1. The van der Waals surface area contributed by atoms with E-state index in [-0.39, 0.29) is 12.2 Å². The molecule has 14 heavy (non-hydrogen) atoms. The van der Waals surface area contributed by atoms with E-state index in [0.717, 1.165) is 15.6 Å². The Bertz CT molecular complexity index is 358. The standard InChI is InChI=1S/C11H11BrO2/c1-8-6-9(2-3-11(8)12)7-10(14)4-5-13/h2-3,5-6H,4,7H2,1H3. The van der Waals surface area contributed by atoms with Crippen LogP contribution in [0.5, 0.6) is 0 Å². The van der Waals surface area contributed by atoms with Crippen molar-refractivity contribution in [2.75, 3.05) is 0 Å². The number of aldehydes is 1. The Kier molecular flexibility index (Phi) is 4.01. The van der Waals surface area contributed by atoms with E-state index in [4.69, 9.17) is 0 Å². The maximum absolute atomic E-state index is 11.2. The van der Waals surface area contributed by atoms with Crippen LogP contribution in [0.3, 0.4) is 0 Å². The predicted molar refractivity (Wildman–Crippen MR) is 58.3 cm³/mol. The largest absolute Gasteiger partial charge is 0.303 e. The molecule has 0 aliphatic carbocycles. The summed E-state index contributed by atoms with van der Waals surface area (Å²) in [7, 11) is 0. The molecule has 0 unspecified atom stereocenters. The Hall–Kier alpha value is -0.960. The molecule has 0 N–H and O–H groups in total.